The molecule has 1 saturated heterocycles. The largest absolute Gasteiger partial charge is 0.361 e. The van der Waals surface area contributed by atoms with Crippen LogP contribution in [-0.4, -0.2) is 42.7 Å². The second-order valence-corrected chi connectivity index (χ2v) is 7.18. The van der Waals surface area contributed by atoms with Gasteiger partial charge in [-0.1, -0.05) is 48.5 Å². The summed E-state index contributed by atoms with van der Waals surface area (Å²) >= 11 is 0. The van der Waals surface area contributed by atoms with Crippen molar-refractivity contribution < 1.29 is 9.13 Å². The van der Waals surface area contributed by atoms with Gasteiger partial charge in [0.2, 0.25) is 0 Å². The number of hydrogen-bond donors (Lipinski definition) is 0. The van der Waals surface area contributed by atoms with E-state index in [1.54, 1.807) is 12.1 Å². The molecule has 0 amide bonds. The van der Waals surface area contributed by atoms with Gasteiger partial charge in [0.15, 0.2) is 0 Å². The quantitative estimate of drug-likeness (QED) is 0.650. The molecule has 1 aliphatic rings. The summed E-state index contributed by atoms with van der Waals surface area (Å²) in [6.07, 6.45) is 0. The number of hydrogen-bond acceptors (Lipinski definition) is 3. The van der Waals surface area contributed by atoms with E-state index in [0.717, 1.165) is 38.3 Å². The number of nitrogens with zero attached hydrogens (tertiary/aromatic N) is 2. The number of rotatable bonds is 6. The zero-order valence-electron chi connectivity index (χ0n) is 15.5. The fourth-order valence-corrected chi connectivity index (χ4v) is 3.55. The van der Waals surface area contributed by atoms with E-state index < -0.39 is 0 Å². The van der Waals surface area contributed by atoms with Gasteiger partial charge in [-0.15, -0.1) is 0 Å². The number of benzene rings is 3. The fourth-order valence-electron chi connectivity index (χ4n) is 3.55. The van der Waals surface area contributed by atoms with Crippen LogP contribution in [0.1, 0.15) is 11.1 Å². The summed E-state index contributed by atoms with van der Waals surface area (Å²) in [4.78, 5) is 4.83. The lowest BCUT2D eigenvalue weighted by atomic mass is 10.1. The van der Waals surface area contributed by atoms with Crippen LogP contribution < -0.4 is 0 Å². The highest BCUT2D eigenvalue weighted by Gasteiger charge is 2.17. The summed E-state index contributed by atoms with van der Waals surface area (Å²) in [7, 11) is 0. The monoisotopic (exact) mass is 364 g/mol. The van der Waals surface area contributed by atoms with Crippen molar-refractivity contribution in [1.82, 2.24) is 9.80 Å². The van der Waals surface area contributed by atoms with Crippen LogP contribution in [0.15, 0.2) is 66.7 Å². The Kier molecular flexibility index (Phi) is 5.78. The number of ether oxygens (including phenoxy) is 1. The van der Waals surface area contributed by atoms with Crippen LogP contribution in [-0.2, 0) is 17.9 Å². The van der Waals surface area contributed by atoms with Crippen molar-refractivity contribution in [2.24, 2.45) is 0 Å². The molecule has 1 fully saturated rings. The predicted octanol–water partition coefficient (Wildman–Crippen LogP) is 4.27. The van der Waals surface area contributed by atoms with E-state index in [2.05, 4.69) is 52.3 Å². The van der Waals surface area contributed by atoms with Crippen molar-refractivity contribution in [3.63, 3.8) is 0 Å². The van der Waals surface area contributed by atoms with E-state index in [0.29, 0.717) is 13.3 Å². The molecule has 1 aliphatic heterocycles. The van der Waals surface area contributed by atoms with Gasteiger partial charge in [-0.25, -0.2) is 4.39 Å². The van der Waals surface area contributed by atoms with Crippen LogP contribution in [0.4, 0.5) is 4.39 Å². The first-order valence-electron chi connectivity index (χ1n) is 9.51. The Balaban J connectivity index is 1.22. The standard InChI is InChI=1S/C23H25FN2O/c24-23-9-6-19(7-10-23)17-27-18-26-13-11-25(12-14-26)16-20-5-8-21-3-1-2-4-22(21)15-20/h1-10,15H,11-14,16-18H2. The van der Waals surface area contributed by atoms with Crippen LogP contribution >= 0.6 is 0 Å². The third kappa shape index (κ3) is 4.92. The molecule has 0 atom stereocenters. The SMILES string of the molecule is Fc1ccc(COCN2CCN(Cc3ccc4ccccc4c3)CC2)cc1. The van der Waals surface area contributed by atoms with Crippen molar-refractivity contribution >= 4 is 10.8 Å². The highest BCUT2D eigenvalue weighted by molar-refractivity contribution is 5.82. The van der Waals surface area contributed by atoms with Crippen LogP contribution in [0, 0.1) is 5.82 Å². The smallest absolute Gasteiger partial charge is 0.123 e. The Morgan fingerprint density at radius 1 is 0.741 bits per heavy atom. The second-order valence-electron chi connectivity index (χ2n) is 7.18. The van der Waals surface area contributed by atoms with Gasteiger partial charge in [0.1, 0.15) is 5.82 Å². The van der Waals surface area contributed by atoms with E-state index in [-0.39, 0.29) is 5.82 Å². The molecule has 0 radical (unpaired) electrons. The van der Waals surface area contributed by atoms with E-state index >= 15 is 0 Å². The number of piperazine rings is 1. The fraction of sp³-hybridized carbons (Fsp3) is 0.304. The molecule has 0 bridgehead atoms. The molecule has 27 heavy (non-hydrogen) atoms. The zero-order valence-corrected chi connectivity index (χ0v) is 15.5. The molecule has 3 aromatic carbocycles. The van der Waals surface area contributed by atoms with Crippen molar-refractivity contribution in [2.75, 3.05) is 32.9 Å². The van der Waals surface area contributed by atoms with Crippen molar-refractivity contribution in [3.05, 3.63) is 83.7 Å². The predicted molar refractivity (Wildman–Crippen MR) is 107 cm³/mol. The molecule has 4 heteroatoms. The van der Waals surface area contributed by atoms with Crippen molar-refractivity contribution in [2.45, 2.75) is 13.2 Å². The third-order valence-corrected chi connectivity index (χ3v) is 5.14. The number of fused-ring (bicyclic) bond motifs is 1. The Morgan fingerprint density at radius 3 is 2.19 bits per heavy atom. The maximum Gasteiger partial charge on any atom is 0.123 e. The van der Waals surface area contributed by atoms with Crippen LogP contribution in [0.25, 0.3) is 10.8 Å². The van der Waals surface area contributed by atoms with Gasteiger partial charge in [0, 0.05) is 32.7 Å². The Hall–Kier alpha value is -2.27. The summed E-state index contributed by atoms with van der Waals surface area (Å²) in [5, 5.41) is 2.60. The minimum Gasteiger partial charge on any atom is -0.361 e. The lowest BCUT2D eigenvalue weighted by Gasteiger charge is -2.34. The van der Waals surface area contributed by atoms with Gasteiger partial charge in [-0.3, -0.25) is 9.80 Å². The molecule has 0 unspecified atom stereocenters. The molecule has 140 valence electrons. The lowest BCUT2D eigenvalue weighted by molar-refractivity contribution is -0.00681. The molecule has 0 spiro atoms. The zero-order chi connectivity index (χ0) is 18.5. The maximum absolute atomic E-state index is 12.9. The summed E-state index contributed by atoms with van der Waals surface area (Å²) in [6, 6.07) is 21.8. The maximum atomic E-state index is 12.9. The van der Waals surface area contributed by atoms with Crippen molar-refractivity contribution in [3.8, 4) is 0 Å². The van der Waals surface area contributed by atoms with Crippen LogP contribution in [0.3, 0.4) is 0 Å². The first kappa shape index (κ1) is 18.1. The van der Waals surface area contributed by atoms with Gasteiger partial charge >= 0.3 is 0 Å². The van der Waals surface area contributed by atoms with E-state index in [1.165, 1.54) is 28.5 Å². The Bertz CT molecular complexity index is 873. The minimum atomic E-state index is -0.207. The van der Waals surface area contributed by atoms with Crippen molar-refractivity contribution in [1.29, 1.82) is 0 Å². The molecular formula is C23H25FN2O. The molecule has 3 aromatic rings. The molecule has 0 aliphatic carbocycles. The topological polar surface area (TPSA) is 15.7 Å². The molecule has 0 N–H and O–H groups in total. The van der Waals surface area contributed by atoms with Crippen LogP contribution in [0.2, 0.25) is 0 Å². The average Bonchev–Trinajstić information content (AvgIpc) is 2.71. The normalized spacial score (nSPS) is 16.0. The van der Waals surface area contributed by atoms with E-state index in [9.17, 15) is 4.39 Å². The summed E-state index contributed by atoms with van der Waals surface area (Å²) in [5.74, 6) is -0.207. The molecule has 0 aromatic heterocycles. The average molecular weight is 364 g/mol. The van der Waals surface area contributed by atoms with Gasteiger partial charge < -0.3 is 4.74 Å². The second kappa shape index (κ2) is 8.61. The highest BCUT2D eigenvalue weighted by atomic mass is 19.1. The Labute approximate surface area is 160 Å². The van der Waals surface area contributed by atoms with Gasteiger partial charge in [-0.2, -0.15) is 0 Å². The third-order valence-electron chi connectivity index (χ3n) is 5.14. The van der Waals surface area contributed by atoms with Gasteiger partial charge in [0.25, 0.3) is 0 Å². The minimum absolute atomic E-state index is 0.207. The molecule has 0 saturated carbocycles. The molecule has 3 nitrogen and oxygen atoms in total. The lowest BCUT2D eigenvalue weighted by Crippen LogP contribution is -2.46. The summed E-state index contributed by atoms with van der Waals surface area (Å²) < 4.78 is 18.7. The molecule has 1 heterocycles. The molecule has 4 rings (SSSR count). The first-order valence-corrected chi connectivity index (χ1v) is 9.51. The highest BCUT2D eigenvalue weighted by Crippen LogP contribution is 2.17. The van der Waals surface area contributed by atoms with E-state index in [4.69, 9.17) is 4.74 Å². The summed E-state index contributed by atoms with van der Waals surface area (Å²) in [5.41, 5.74) is 2.38. The van der Waals surface area contributed by atoms with Gasteiger partial charge in [0.05, 0.1) is 13.3 Å². The molecular weight excluding hydrogens is 339 g/mol. The summed E-state index contributed by atoms with van der Waals surface area (Å²) in [6.45, 7) is 6.27. The number of halogens is 1. The van der Waals surface area contributed by atoms with E-state index in [1.807, 2.05) is 0 Å². The van der Waals surface area contributed by atoms with Gasteiger partial charge in [-0.05, 0) is 40.1 Å². The first-order chi connectivity index (χ1) is 13.3. The van der Waals surface area contributed by atoms with Crippen LogP contribution in [0.5, 0.6) is 0 Å². The Morgan fingerprint density at radius 2 is 1.41 bits per heavy atom.